The predicted molar refractivity (Wildman–Crippen MR) is 71.4 cm³/mol. The van der Waals surface area contributed by atoms with Crippen molar-refractivity contribution < 1.29 is 0 Å². The molecule has 0 radical (unpaired) electrons. The smallest absolute Gasteiger partial charge is 0.0885 e. The third-order valence-electron chi connectivity index (χ3n) is 2.58. The first-order chi connectivity index (χ1) is 8.31. The maximum absolute atomic E-state index is 5.48. The van der Waals surface area contributed by atoms with Gasteiger partial charge in [-0.05, 0) is 31.5 Å². The second-order valence-corrected chi connectivity index (χ2v) is 4.76. The van der Waals surface area contributed by atoms with Crippen molar-refractivity contribution in [3.05, 3.63) is 34.9 Å². The largest absolute Gasteiger partial charge is 0.330 e. The van der Waals surface area contributed by atoms with Crippen molar-refractivity contribution in [1.82, 2.24) is 15.0 Å². The van der Waals surface area contributed by atoms with Gasteiger partial charge in [0.2, 0.25) is 0 Å². The Balaban J connectivity index is 2.15. The van der Waals surface area contributed by atoms with Crippen LogP contribution in [0.25, 0.3) is 11.3 Å². The number of rotatable bonds is 5. The van der Waals surface area contributed by atoms with Crippen molar-refractivity contribution in [3.8, 4) is 11.3 Å². The molecule has 17 heavy (non-hydrogen) atoms. The Bertz CT molecular complexity index is 464. The second kappa shape index (κ2) is 5.93. The van der Waals surface area contributed by atoms with Gasteiger partial charge in [0.25, 0.3) is 0 Å². The van der Waals surface area contributed by atoms with Crippen LogP contribution in [0.15, 0.2) is 34.9 Å². The molecule has 0 spiro atoms. The number of aryl methyl sites for hydroxylation is 1. The Morgan fingerprint density at radius 2 is 1.94 bits per heavy atom. The minimum Gasteiger partial charge on any atom is -0.330 e. The SMILES string of the molecule is NCCCCn1nncc1-c1ccc(Br)cc1. The summed E-state index contributed by atoms with van der Waals surface area (Å²) < 4.78 is 3.00. The highest BCUT2D eigenvalue weighted by Crippen LogP contribution is 2.20. The number of halogens is 1. The van der Waals surface area contributed by atoms with Gasteiger partial charge in [0.15, 0.2) is 0 Å². The Morgan fingerprint density at radius 1 is 1.18 bits per heavy atom. The Labute approximate surface area is 109 Å². The van der Waals surface area contributed by atoms with Crippen LogP contribution < -0.4 is 5.73 Å². The van der Waals surface area contributed by atoms with Crippen LogP contribution in [0.2, 0.25) is 0 Å². The molecule has 0 fully saturated rings. The van der Waals surface area contributed by atoms with Gasteiger partial charge in [0.1, 0.15) is 0 Å². The Kier molecular flexibility index (Phi) is 4.28. The topological polar surface area (TPSA) is 56.7 Å². The first kappa shape index (κ1) is 12.3. The van der Waals surface area contributed by atoms with Gasteiger partial charge in [0.05, 0.1) is 11.9 Å². The van der Waals surface area contributed by atoms with E-state index in [9.17, 15) is 0 Å². The van der Waals surface area contributed by atoms with Crippen molar-refractivity contribution in [2.75, 3.05) is 6.54 Å². The highest BCUT2D eigenvalue weighted by atomic mass is 79.9. The molecule has 0 aliphatic heterocycles. The summed E-state index contributed by atoms with van der Waals surface area (Å²) >= 11 is 3.43. The average Bonchev–Trinajstić information content (AvgIpc) is 2.79. The summed E-state index contributed by atoms with van der Waals surface area (Å²) in [4.78, 5) is 0. The van der Waals surface area contributed by atoms with Gasteiger partial charge in [-0.25, -0.2) is 4.68 Å². The van der Waals surface area contributed by atoms with E-state index in [1.54, 1.807) is 6.20 Å². The fourth-order valence-corrected chi connectivity index (χ4v) is 1.94. The molecular weight excluding hydrogens is 280 g/mol. The minimum absolute atomic E-state index is 0.725. The van der Waals surface area contributed by atoms with E-state index in [1.165, 1.54) is 0 Å². The fourth-order valence-electron chi connectivity index (χ4n) is 1.67. The maximum Gasteiger partial charge on any atom is 0.0885 e. The van der Waals surface area contributed by atoms with Crippen molar-refractivity contribution >= 4 is 15.9 Å². The van der Waals surface area contributed by atoms with Crippen molar-refractivity contribution in [3.63, 3.8) is 0 Å². The molecule has 0 aliphatic rings. The molecule has 0 saturated heterocycles. The van der Waals surface area contributed by atoms with E-state index in [1.807, 2.05) is 16.8 Å². The average molecular weight is 295 g/mol. The maximum atomic E-state index is 5.48. The van der Waals surface area contributed by atoms with Gasteiger partial charge in [-0.15, -0.1) is 5.10 Å². The molecule has 0 bridgehead atoms. The van der Waals surface area contributed by atoms with Gasteiger partial charge in [-0.3, -0.25) is 0 Å². The van der Waals surface area contributed by atoms with E-state index < -0.39 is 0 Å². The minimum atomic E-state index is 0.725. The second-order valence-electron chi connectivity index (χ2n) is 3.85. The summed E-state index contributed by atoms with van der Waals surface area (Å²) in [7, 11) is 0. The molecule has 1 aromatic heterocycles. The van der Waals surface area contributed by atoms with E-state index in [2.05, 4.69) is 38.4 Å². The number of nitrogens with two attached hydrogens (primary N) is 1. The molecule has 1 heterocycles. The molecule has 1 aromatic carbocycles. The normalized spacial score (nSPS) is 10.7. The van der Waals surface area contributed by atoms with Crippen LogP contribution in [-0.2, 0) is 6.54 Å². The van der Waals surface area contributed by atoms with Crippen LogP contribution >= 0.6 is 15.9 Å². The molecule has 2 rings (SSSR count). The first-order valence-electron chi connectivity index (χ1n) is 5.66. The van der Waals surface area contributed by atoms with Crippen LogP contribution in [0.4, 0.5) is 0 Å². The van der Waals surface area contributed by atoms with Gasteiger partial charge in [0, 0.05) is 16.6 Å². The zero-order valence-corrected chi connectivity index (χ0v) is 11.1. The lowest BCUT2D eigenvalue weighted by Crippen LogP contribution is -2.05. The van der Waals surface area contributed by atoms with Crippen LogP contribution in [0.3, 0.4) is 0 Å². The molecule has 0 aliphatic carbocycles. The van der Waals surface area contributed by atoms with Crippen molar-refractivity contribution in [1.29, 1.82) is 0 Å². The van der Waals surface area contributed by atoms with E-state index in [0.29, 0.717) is 0 Å². The number of benzene rings is 1. The van der Waals surface area contributed by atoms with Crippen LogP contribution in [-0.4, -0.2) is 21.5 Å². The van der Waals surface area contributed by atoms with E-state index in [0.717, 1.165) is 41.7 Å². The zero-order chi connectivity index (χ0) is 12.1. The van der Waals surface area contributed by atoms with Crippen LogP contribution in [0.1, 0.15) is 12.8 Å². The van der Waals surface area contributed by atoms with E-state index in [-0.39, 0.29) is 0 Å². The molecule has 0 unspecified atom stereocenters. The molecular formula is C12H15BrN4. The molecule has 2 N–H and O–H groups in total. The number of nitrogens with zero attached hydrogens (tertiary/aromatic N) is 3. The summed E-state index contributed by atoms with van der Waals surface area (Å²) in [5.41, 5.74) is 7.66. The van der Waals surface area contributed by atoms with Crippen molar-refractivity contribution in [2.24, 2.45) is 5.73 Å². The lowest BCUT2D eigenvalue weighted by atomic mass is 10.1. The Hall–Kier alpha value is -1.20. The Morgan fingerprint density at radius 3 is 2.65 bits per heavy atom. The summed E-state index contributed by atoms with van der Waals surface area (Å²) in [6, 6.07) is 8.16. The highest BCUT2D eigenvalue weighted by Gasteiger charge is 2.05. The molecule has 4 nitrogen and oxygen atoms in total. The van der Waals surface area contributed by atoms with Crippen LogP contribution in [0.5, 0.6) is 0 Å². The summed E-state index contributed by atoms with van der Waals surface area (Å²) in [5.74, 6) is 0. The van der Waals surface area contributed by atoms with Gasteiger partial charge in [-0.1, -0.05) is 33.3 Å². The van der Waals surface area contributed by atoms with Gasteiger partial charge in [-0.2, -0.15) is 0 Å². The molecule has 0 amide bonds. The lowest BCUT2D eigenvalue weighted by Gasteiger charge is -2.05. The zero-order valence-electron chi connectivity index (χ0n) is 9.51. The van der Waals surface area contributed by atoms with Gasteiger partial charge < -0.3 is 5.73 Å². The lowest BCUT2D eigenvalue weighted by molar-refractivity contribution is 0.549. The molecule has 2 aromatic rings. The van der Waals surface area contributed by atoms with Gasteiger partial charge >= 0.3 is 0 Å². The monoisotopic (exact) mass is 294 g/mol. The molecule has 90 valence electrons. The summed E-state index contributed by atoms with van der Waals surface area (Å²) in [6.45, 7) is 1.59. The molecule has 5 heteroatoms. The number of unbranched alkanes of at least 4 members (excludes halogenated alkanes) is 1. The molecule has 0 atom stereocenters. The number of hydrogen-bond donors (Lipinski definition) is 1. The van der Waals surface area contributed by atoms with E-state index >= 15 is 0 Å². The third-order valence-corrected chi connectivity index (χ3v) is 3.11. The summed E-state index contributed by atoms with van der Waals surface area (Å²) in [6.07, 6.45) is 3.84. The van der Waals surface area contributed by atoms with Crippen LogP contribution in [0, 0.1) is 0 Å². The van der Waals surface area contributed by atoms with E-state index in [4.69, 9.17) is 5.73 Å². The molecule has 0 saturated carbocycles. The fraction of sp³-hybridized carbons (Fsp3) is 0.333. The number of hydrogen-bond acceptors (Lipinski definition) is 3. The quantitative estimate of drug-likeness (QED) is 0.862. The predicted octanol–water partition coefficient (Wildman–Crippen LogP) is 2.45. The third kappa shape index (κ3) is 3.14. The standard InChI is InChI=1S/C12H15BrN4/c13-11-5-3-10(4-6-11)12-9-15-16-17(12)8-2-1-7-14/h3-6,9H,1-2,7-8,14H2. The van der Waals surface area contributed by atoms with Crippen molar-refractivity contribution in [2.45, 2.75) is 19.4 Å². The highest BCUT2D eigenvalue weighted by molar-refractivity contribution is 9.10. The first-order valence-corrected chi connectivity index (χ1v) is 6.45. The number of aromatic nitrogens is 3. The summed E-state index contributed by atoms with van der Waals surface area (Å²) in [5, 5.41) is 8.07.